The van der Waals surface area contributed by atoms with Crippen molar-refractivity contribution in [3.05, 3.63) is 6.07 Å². The summed E-state index contributed by atoms with van der Waals surface area (Å²) in [6, 6.07) is 1.79. The van der Waals surface area contributed by atoms with Crippen LogP contribution in [0.3, 0.4) is 0 Å². The number of hydrogen-bond donors (Lipinski definition) is 2. The summed E-state index contributed by atoms with van der Waals surface area (Å²) in [6.07, 6.45) is 4.08. The summed E-state index contributed by atoms with van der Waals surface area (Å²) in [6.45, 7) is 2.50. The molecule has 3 N–H and O–H groups in total. The molecule has 0 aliphatic carbocycles. The van der Waals surface area contributed by atoms with Gasteiger partial charge in [-0.2, -0.15) is 4.37 Å². The van der Waals surface area contributed by atoms with Crippen molar-refractivity contribution < 1.29 is 4.79 Å². The molecule has 1 saturated heterocycles. The number of piperidine rings is 1. The van der Waals surface area contributed by atoms with Crippen LogP contribution < -0.4 is 11.1 Å². The smallest absolute Gasteiger partial charge is 0.224 e. The Balaban J connectivity index is 1.69. The maximum atomic E-state index is 11.8. The Bertz CT molecular complexity index is 373. The van der Waals surface area contributed by atoms with Gasteiger partial charge in [-0.3, -0.25) is 4.79 Å². The fraction of sp³-hybridized carbons (Fsp3) is 0.636. The molecule has 94 valence electrons. The first-order chi connectivity index (χ1) is 8.25. The highest BCUT2D eigenvalue weighted by Gasteiger charge is 2.15. The van der Waals surface area contributed by atoms with Crippen LogP contribution in [0.2, 0.25) is 0 Å². The van der Waals surface area contributed by atoms with Gasteiger partial charge in [-0.15, -0.1) is 0 Å². The molecule has 17 heavy (non-hydrogen) atoms. The van der Waals surface area contributed by atoms with E-state index < -0.39 is 0 Å². The molecule has 0 spiro atoms. The number of nitrogens with zero attached hydrogens (tertiary/aromatic N) is 2. The Hall–Kier alpha value is -1.30. The predicted molar refractivity (Wildman–Crippen MR) is 70.1 cm³/mol. The number of rotatable bonds is 4. The molecule has 0 saturated carbocycles. The summed E-state index contributed by atoms with van der Waals surface area (Å²) in [5.74, 6) is 0.773. The minimum absolute atomic E-state index is 0.245. The van der Waals surface area contributed by atoms with Gasteiger partial charge in [0.2, 0.25) is 5.91 Å². The number of aromatic nitrogens is 1. The number of nitrogens with two attached hydrogens (primary N) is 1. The summed E-state index contributed by atoms with van der Waals surface area (Å²) in [7, 11) is 0. The fourth-order valence-corrected chi connectivity index (χ4v) is 2.56. The molecule has 0 unspecified atom stereocenters. The van der Waals surface area contributed by atoms with Crippen LogP contribution in [-0.2, 0) is 4.79 Å². The molecule has 0 atom stereocenters. The van der Waals surface area contributed by atoms with Crippen LogP contribution in [0.5, 0.6) is 0 Å². The Morgan fingerprint density at radius 2 is 2.24 bits per heavy atom. The molecule has 0 radical (unpaired) electrons. The summed E-state index contributed by atoms with van der Waals surface area (Å²) in [4.78, 5) is 13.8. The van der Waals surface area contributed by atoms with E-state index in [-0.39, 0.29) is 5.91 Å². The number of hydrogen-bond acceptors (Lipinski definition) is 5. The SMILES string of the molecule is Nc1cc(NCCC(=O)N2CCCCC2)sn1. The largest absolute Gasteiger partial charge is 0.383 e. The molecule has 1 aromatic rings. The summed E-state index contributed by atoms with van der Waals surface area (Å²) in [5.41, 5.74) is 5.51. The topological polar surface area (TPSA) is 71.2 Å². The Morgan fingerprint density at radius 3 is 2.88 bits per heavy atom. The third-order valence-corrected chi connectivity index (χ3v) is 3.64. The van der Waals surface area contributed by atoms with Gasteiger partial charge in [-0.05, 0) is 30.8 Å². The van der Waals surface area contributed by atoms with Crippen molar-refractivity contribution in [1.82, 2.24) is 9.27 Å². The summed E-state index contributed by atoms with van der Waals surface area (Å²) in [5, 5.41) is 4.09. The van der Waals surface area contributed by atoms with E-state index in [1.54, 1.807) is 6.07 Å². The lowest BCUT2D eigenvalue weighted by Crippen LogP contribution is -2.36. The van der Waals surface area contributed by atoms with Crippen molar-refractivity contribution in [3.63, 3.8) is 0 Å². The lowest BCUT2D eigenvalue weighted by molar-refractivity contribution is -0.131. The van der Waals surface area contributed by atoms with Crippen molar-refractivity contribution in [1.29, 1.82) is 0 Å². The monoisotopic (exact) mass is 254 g/mol. The Kier molecular flexibility index (Phi) is 4.19. The fourth-order valence-electron chi connectivity index (χ4n) is 1.97. The first-order valence-corrected chi connectivity index (χ1v) is 6.77. The van der Waals surface area contributed by atoms with Crippen molar-refractivity contribution in [2.24, 2.45) is 0 Å². The van der Waals surface area contributed by atoms with E-state index in [1.165, 1.54) is 18.0 Å². The van der Waals surface area contributed by atoms with Crippen LogP contribution in [-0.4, -0.2) is 34.8 Å². The van der Waals surface area contributed by atoms with Gasteiger partial charge in [0, 0.05) is 32.1 Å². The molecule has 0 aromatic carbocycles. The molecule has 2 heterocycles. The van der Waals surface area contributed by atoms with Gasteiger partial charge in [-0.1, -0.05) is 0 Å². The molecule has 1 aliphatic heterocycles. The normalized spacial score (nSPS) is 15.9. The molecular weight excluding hydrogens is 236 g/mol. The molecule has 1 amide bonds. The molecule has 0 bridgehead atoms. The maximum Gasteiger partial charge on any atom is 0.224 e. The average molecular weight is 254 g/mol. The van der Waals surface area contributed by atoms with Crippen LogP contribution >= 0.6 is 11.5 Å². The van der Waals surface area contributed by atoms with Gasteiger partial charge in [-0.25, -0.2) is 0 Å². The van der Waals surface area contributed by atoms with Crippen LogP contribution in [0.15, 0.2) is 6.07 Å². The van der Waals surface area contributed by atoms with Crippen molar-refractivity contribution in [3.8, 4) is 0 Å². The number of carbonyl (C=O) groups excluding carboxylic acids is 1. The minimum Gasteiger partial charge on any atom is -0.383 e. The van der Waals surface area contributed by atoms with Crippen LogP contribution in [0.25, 0.3) is 0 Å². The second-order valence-corrected chi connectivity index (χ2v) is 5.04. The molecule has 2 rings (SSSR count). The molecule has 1 aromatic heterocycles. The van der Waals surface area contributed by atoms with Gasteiger partial charge < -0.3 is 16.0 Å². The van der Waals surface area contributed by atoms with E-state index in [1.807, 2.05) is 4.90 Å². The third-order valence-electron chi connectivity index (χ3n) is 2.88. The zero-order chi connectivity index (χ0) is 12.1. The summed E-state index contributed by atoms with van der Waals surface area (Å²) < 4.78 is 3.97. The quantitative estimate of drug-likeness (QED) is 0.855. The predicted octanol–water partition coefficient (Wildman–Crippen LogP) is 1.54. The van der Waals surface area contributed by atoms with Gasteiger partial charge in [0.1, 0.15) is 10.8 Å². The molecule has 5 nitrogen and oxygen atoms in total. The first kappa shape index (κ1) is 12.2. The third kappa shape index (κ3) is 3.59. The van der Waals surface area contributed by atoms with E-state index in [9.17, 15) is 4.79 Å². The lowest BCUT2D eigenvalue weighted by Gasteiger charge is -2.26. The van der Waals surface area contributed by atoms with E-state index >= 15 is 0 Å². The highest BCUT2D eigenvalue weighted by molar-refractivity contribution is 7.10. The highest BCUT2D eigenvalue weighted by atomic mass is 32.1. The van der Waals surface area contributed by atoms with Crippen molar-refractivity contribution in [2.45, 2.75) is 25.7 Å². The number of anilines is 2. The average Bonchev–Trinajstić information content (AvgIpc) is 2.76. The van der Waals surface area contributed by atoms with Gasteiger partial charge >= 0.3 is 0 Å². The van der Waals surface area contributed by atoms with Gasteiger partial charge in [0.15, 0.2) is 0 Å². The summed E-state index contributed by atoms with van der Waals surface area (Å²) >= 11 is 1.33. The van der Waals surface area contributed by atoms with Crippen LogP contribution in [0.4, 0.5) is 10.8 Å². The van der Waals surface area contributed by atoms with Gasteiger partial charge in [0.25, 0.3) is 0 Å². The second-order valence-electron chi connectivity index (χ2n) is 4.23. The number of amides is 1. The standard InChI is InChI=1S/C11H18N4OS/c12-9-8-10(17-14-9)13-5-4-11(16)15-6-2-1-3-7-15/h8,13H,1-7H2,(H2,12,14). The molecular formula is C11H18N4OS. The van der Waals surface area contributed by atoms with E-state index in [4.69, 9.17) is 5.73 Å². The van der Waals surface area contributed by atoms with Crippen molar-refractivity contribution in [2.75, 3.05) is 30.7 Å². The number of carbonyl (C=O) groups is 1. The Labute approximate surface area is 105 Å². The molecule has 1 aliphatic rings. The highest BCUT2D eigenvalue weighted by Crippen LogP contribution is 2.17. The van der Waals surface area contributed by atoms with E-state index in [2.05, 4.69) is 9.69 Å². The lowest BCUT2D eigenvalue weighted by atomic mass is 10.1. The molecule has 1 fully saturated rings. The zero-order valence-corrected chi connectivity index (χ0v) is 10.6. The van der Waals surface area contributed by atoms with Crippen LogP contribution in [0.1, 0.15) is 25.7 Å². The number of nitrogen functional groups attached to an aromatic ring is 1. The van der Waals surface area contributed by atoms with E-state index in [0.29, 0.717) is 18.8 Å². The number of nitrogens with one attached hydrogen (secondary N) is 1. The first-order valence-electron chi connectivity index (χ1n) is 5.99. The van der Waals surface area contributed by atoms with E-state index in [0.717, 1.165) is 30.9 Å². The Morgan fingerprint density at radius 1 is 1.47 bits per heavy atom. The maximum absolute atomic E-state index is 11.8. The second kappa shape index (κ2) is 5.86. The van der Waals surface area contributed by atoms with Gasteiger partial charge in [0.05, 0.1) is 0 Å². The van der Waals surface area contributed by atoms with Crippen LogP contribution in [0, 0.1) is 0 Å². The van der Waals surface area contributed by atoms with Crippen molar-refractivity contribution >= 4 is 28.3 Å². The number of likely N-dealkylation sites (tertiary alicyclic amines) is 1. The minimum atomic E-state index is 0.245. The molecule has 6 heteroatoms. The zero-order valence-electron chi connectivity index (χ0n) is 9.82.